The average molecular weight is 225 g/mol. The highest BCUT2D eigenvalue weighted by molar-refractivity contribution is 4.71. The van der Waals surface area contributed by atoms with Crippen molar-refractivity contribution in [2.75, 3.05) is 19.8 Å². The first-order valence-corrected chi connectivity index (χ1v) is 5.35. The molecule has 0 aromatic carbocycles. The number of hydrogen-bond acceptors (Lipinski definition) is 2. The molecule has 1 N–H and O–H groups in total. The Morgan fingerprint density at radius 3 is 2.47 bits per heavy atom. The van der Waals surface area contributed by atoms with Gasteiger partial charge in [0.1, 0.15) is 0 Å². The zero-order valence-corrected chi connectivity index (χ0v) is 8.94. The van der Waals surface area contributed by atoms with E-state index < -0.39 is 18.6 Å². The van der Waals surface area contributed by atoms with Crippen molar-refractivity contribution in [2.45, 2.75) is 38.4 Å². The predicted molar refractivity (Wildman–Crippen MR) is 51.7 cm³/mol. The molecule has 0 aromatic rings. The highest BCUT2D eigenvalue weighted by Crippen LogP contribution is 2.21. The zero-order valence-electron chi connectivity index (χ0n) is 8.94. The van der Waals surface area contributed by atoms with Crippen molar-refractivity contribution in [2.24, 2.45) is 5.92 Å². The molecule has 0 saturated carbocycles. The molecule has 1 heterocycles. The van der Waals surface area contributed by atoms with E-state index in [9.17, 15) is 13.2 Å². The third-order valence-electron chi connectivity index (χ3n) is 2.63. The highest BCUT2D eigenvalue weighted by atomic mass is 19.4. The summed E-state index contributed by atoms with van der Waals surface area (Å²) >= 11 is 0. The maximum atomic E-state index is 12.0. The minimum absolute atomic E-state index is 0.467. The number of alkyl halides is 3. The lowest BCUT2D eigenvalue weighted by Gasteiger charge is -2.24. The maximum Gasteiger partial charge on any atom is 0.390 e. The first-order chi connectivity index (χ1) is 6.97. The largest absolute Gasteiger partial charge is 0.390 e. The quantitative estimate of drug-likeness (QED) is 0.793. The van der Waals surface area contributed by atoms with Crippen molar-refractivity contribution in [1.82, 2.24) is 5.32 Å². The van der Waals surface area contributed by atoms with Crippen LogP contribution in [0.15, 0.2) is 0 Å². The van der Waals surface area contributed by atoms with Gasteiger partial charge in [0, 0.05) is 19.3 Å². The molecule has 1 aliphatic heterocycles. The van der Waals surface area contributed by atoms with E-state index in [1.807, 2.05) is 0 Å². The molecule has 90 valence electrons. The van der Waals surface area contributed by atoms with Crippen LogP contribution in [0.1, 0.15) is 26.2 Å². The molecule has 0 amide bonds. The molecule has 5 heteroatoms. The standard InChI is InChI=1S/C10H18F3NO/c1-8(6-10(11,12)13)14-7-9-2-4-15-5-3-9/h8-9,14H,2-7H2,1H3. The van der Waals surface area contributed by atoms with Crippen LogP contribution >= 0.6 is 0 Å². The van der Waals surface area contributed by atoms with E-state index in [2.05, 4.69) is 5.32 Å². The van der Waals surface area contributed by atoms with Crippen LogP contribution in [0.5, 0.6) is 0 Å². The van der Waals surface area contributed by atoms with Crippen molar-refractivity contribution in [3.8, 4) is 0 Å². The average Bonchev–Trinajstić information content (AvgIpc) is 2.14. The summed E-state index contributed by atoms with van der Waals surface area (Å²) < 4.78 is 41.2. The van der Waals surface area contributed by atoms with Gasteiger partial charge in [0.15, 0.2) is 0 Å². The maximum absolute atomic E-state index is 12.0. The summed E-state index contributed by atoms with van der Waals surface area (Å²) in [7, 11) is 0. The van der Waals surface area contributed by atoms with Gasteiger partial charge in [0.2, 0.25) is 0 Å². The second kappa shape index (κ2) is 5.70. The van der Waals surface area contributed by atoms with Crippen LogP contribution in [0.4, 0.5) is 13.2 Å². The van der Waals surface area contributed by atoms with E-state index in [1.54, 1.807) is 6.92 Å². The molecule has 1 saturated heterocycles. The molecule has 1 fully saturated rings. The Labute approximate surface area is 88.2 Å². The third-order valence-corrected chi connectivity index (χ3v) is 2.63. The molecule has 2 nitrogen and oxygen atoms in total. The van der Waals surface area contributed by atoms with Gasteiger partial charge in [-0.1, -0.05) is 0 Å². The Balaban J connectivity index is 2.12. The SMILES string of the molecule is CC(CC(F)(F)F)NCC1CCOCC1. The van der Waals surface area contributed by atoms with Gasteiger partial charge in [-0.15, -0.1) is 0 Å². The lowest BCUT2D eigenvalue weighted by Crippen LogP contribution is -2.36. The summed E-state index contributed by atoms with van der Waals surface area (Å²) in [4.78, 5) is 0. The number of rotatable bonds is 4. The molecule has 1 rings (SSSR count). The summed E-state index contributed by atoms with van der Waals surface area (Å²) in [6.07, 6.45) is -2.92. The van der Waals surface area contributed by atoms with Crippen molar-refractivity contribution in [3.05, 3.63) is 0 Å². The Kier molecular flexibility index (Phi) is 4.86. The molecule has 0 aromatic heterocycles. The molecular weight excluding hydrogens is 207 g/mol. The molecule has 0 spiro atoms. The van der Waals surface area contributed by atoms with E-state index in [1.165, 1.54) is 0 Å². The predicted octanol–water partition coefficient (Wildman–Crippen LogP) is 2.34. The Bertz CT molecular complexity index is 178. The van der Waals surface area contributed by atoms with Crippen molar-refractivity contribution >= 4 is 0 Å². The number of hydrogen-bond donors (Lipinski definition) is 1. The lowest BCUT2D eigenvalue weighted by atomic mass is 10.00. The fourth-order valence-corrected chi connectivity index (χ4v) is 1.74. The second-order valence-corrected chi connectivity index (χ2v) is 4.18. The van der Waals surface area contributed by atoms with Crippen LogP contribution in [-0.2, 0) is 4.74 Å². The molecule has 0 aliphatic carbocycles. The van der Waals surface area contributed by atoms with Crippen molar-refractivity contribution in [3.63, 3.8) is 0 Å². The van der Waals surface area contributed by atoms with Gasteiger partial charge in [0.05, 0.1) is 6.42 Å². The number of nitrogens with one attached hydrogen (secondary N) is 1. The van der Waals surface area contributed by atoms with Crippen LogP contribution in [-0.4, -0.2) is 32.0 Å². The minimum atomic E-state index is -4.07. The van der Waals surface area contributed by atoms with Gasteiger partial charge < -0.3 is 10.1 Å². The molecular formula is C10H18F3NO. The van der Waals surface area contributed by atoms with E-state index >= 15 is 0 Å². The summed E-state index contributed by atoms with van der Waals surface area (Å²) in [6.45, 7) is 3.72. The molecule has 1 aliphatic rings. The Morgan fingerprint density at radius 2 is 1.93 bits per heavy atom. The van der Waals surface area contributed by atoms with Gasteiger partial charge in [-0.2, -0.15) is 13.2 Å². The molecule has 1 atom stereocenters. The van der Waals surface area contributed by atoms with Crippen molar-refractivity contribution in [1.29, 1.82) is 0 Å². The molecule has 1 unspecified atom stereocenters. The Morgan fingerprint density at radius 1 is 1.33 bits per heavy atom. The lowest BCUT2D eigenvalue weighted by molar-refractivity contribution is -0.139. The fourth-order valence-electron chi connectivity index (χ4n) is 1.74. The number of halogens is 3. The topological polar surface area (TPSA) is 21.3 Å². The second-order valence-electron chi connectivity index (χ2n) is 4.18. The first kappa shape index (κ1) is 12.8. The fraction of sp³-hybridized carbons (Fsp3) is 1.00. The van der Waals surface area contributed by atoms with Gasteiger partial charge in [-0.05, 0) is 32.2 Å². The van der Waals surface area contributed by atoms with Gasteiger partial charge >= 0.3 is 6.18 Å². The molecule has 0 bridgehead atoms. The van der Waals surface area contributed by atoms with E-state index in [0.717, 1.165) is 26.1 Å². The van der Waals surface area contributed by atoms with E-state index in [0.29, 0.717) is 12.5 Å². The summed E-state index contributed by atoms with van der Waals surface area (Å²) in [5.74, 6) is 0.467. The van der Waals surface area contributed by atoms with Crippen LogP contribution in [0.3, 0.4) is 0 Å². The number of ether oxygens (including phenoxy) is 1. The normalized spacial score (nSPS) is 21.6. The summed E-state index contributed by atoms with van der Waals surface area (Å²) in [5, 5.41) is 2.93. The van der Waals surface area contributed by atoms with Gasteiger partial charge in [-0.3, -0.25) is 0 Å². The zero-order chi connectivity index (χ0) is 11.3. The van der Waals surface area contributed by atoms with Crippen LogP contribution in [0.2, 0.25) is 0 Å². The van der Waals surface area contributed by atoms with Gasteiger partial charge in [-0.25, -0.2) is 0 Å². The highest BCUT2D eigenvalue weighted by Gasteiger charge is 2.30. The summed E-state index contributed by atoms with van der Waals surface area (Å²) in [5.41, 5.74) is 0. The van der Waals surface area contributed by atoms with E-state index in [4.69, 9.17) is 4.74 Å². The third kappa shape index (κ3) is 5.99. The summed E-state index contributed by atoms with van der Waals surface area (Å²) in [6, 6.07) is -0.493. The van der Waals surface area contributed by atoms with Crippen molar-refractivity contribution < 1.29 is 17.9 Å². The first-order valence-electron chi connectivity index (χ1n) is 5.35. The van der Waals surface area contributed by atoms with Gasteiger partial charge in [0.25, 0.3) is 0 Å². The smallest absolute Gasteiger partial charge is 0.381 e. The minimum Gasteiger partial charge on any atom is -0.381 e. The molecule has 15 heavy (non-hydrogen) atoms. The molecule has 0 radical (unpaired) electrons. The Hall–Kier alpha value is -0.290. The van der Waals surface area contributed by atoms with Crippen LogP contribution < -0.4 is 5.32 Å². The van der Waals surface area contributed by atoms with E-state index in [-0.39, 0.29) is 0 Å². The van der Waals surface area contributed by atoms with Crippen LogP contribution in [0, 0.1) is 5.92 Å². The van der Waals surface area contributed by atoms with Crippen LogP contribution in [0.25, 0.3) is 0 Å². The monoisotopic (exact) mass is 225 g/mol.